The van der Waals surface area contributed by atoms with Crippen LogP contribution in [0.1, 0.15) is 17.0 Å². The summed E-state index contributed by atoms with van der Waals surface area (Å²) in [4.78, 5) is 16.3. The van der Waals surface area contributed by atoms with E-state index in [1.54, 1.807) is 12.4 Å². The van der Waals surface area contributed by atoms with E-state index in [-0.39, 0.29) is 5.56 Å². The van der Waals surface area contributed by atoms with Gasteiger partial charge >= 0.3 is 0 Å². The van der Waals surface area contributed by atoms with Crippen LogP contribution in [0.15, 0.2) is 39.9 Å². The van der Waals surface area contributed by atoms with Gasteiger partial charge in [0.05, 0.1) is 6.54 Å². The van der Waals surface area contributed by atoms with Crippen LogP contribution in [-0.4, -0.2) is 36.2 Å². The lowest BCUT2D eigenvalue weighted by molar-refractivity contribution is 0.397. The minimum Gasteiger partial charge on any atom is -0.361 e. The van der Waals surface area contributed by atoms with Gasteiger partial charge in [0.15, 0.2) is 16.3 Å². The summed E-state index contributed by atoms with van der Waals surface area (Å²) in [6.07, 6.45) is 3.38. The van der Waals surface area contributed by atoms with Gasteiger partial charge in [-0.25, -0.2) is 4.68 Å². The number of nitrogens with zero attached hydrogens (tertiary/aromatic N) is 4. The number of pyridine rings is 1. The fourth-order valence-electron chi connectivity index (χ4n) is 2.13. The molecule has 0 aromatic carbocycles. The summed E-state index contributed by atoms with van der Waals surface area (Å²) in [5.74, 6) is 0.666. The molecule has 22 heavy (non-hydrogen) atoms. The summed E-state index contributed by atoms with van der Waals surface area (Å²) >= 11 is 2.46. The summed E-state index contributed by atoms with van der Waals surface area (Å²) < 4.78 is 7.43. The molecule has 3 rings (SSSR count). The van der Waals surface area contributed by atoms with E-state index in [1.165, 1.54) is 10.7 Å². The van der Waals surface area contributed by atoms with Crippen molar-refractivity contribution >= 4 is 20.7 Å². The molecule has 0 fully saturated rings. The van der Waals surface area contributed by atoms with Gasteiger partial charge in [0.2, 0.25) is 0 Å². The predicted octanol–water partition coefficient (Wildman–Crippen LogP) is 0.752. The molecule has 0 saturated heterocycles. The van der Waals surface area contributed by atoms with Crippen molar-refractivity contribution in [1.82, 2.24) is 19.9 Å². The summed E-state index contributed by atoms with van der Waals surface area (Å²) in [7, 11) is 0. The Morgan fingerprint density at radius 2 is 2.09 bits per heavy atom. The van der Waals surface area contributed by atoms with E-state index in [2.05, 4.69) is 31.5 Å². The fourth-order valence-corrected chi connectivity index (χ4v) is 2.34. The molecular formula is C15H13AlN4O2. The molecule has 3 aromatic heterocycles. The molecule has 108 valence electrons. The molecule has 0 bridgehead atoms. The lowest BCUT2D eigenvalue weighted by Crippen LogP contribution is -2.27. The molecule has 0 spiro atoms. The van der Waals surface area contributed by atoms with Crippen molar-refractivity contribution in [1.29, 1.82) is 0 Å². The maximum absolute atomic E-state index is 12.0. The molecular weight excluding hydrogens is 295 g/mol. The molecule has 0 aliphatic rings. The Kier molecular flexibility index (Phi) is 3.92. The molecule has 0 atom stereocenters. The van der Waals surface area contributed by atoms with Crippen molar-refractivity contribution in [3.63, 3.8) is 0 Å². The lowest BCUT2D eigenvalue weighted by Gasteiger charge is -2.06. The third-order valence-electron chi connectivity index (χ3n) is 3.37. The average Bonchev–Trinajstić information content (AvgIpc) is 2.84. The first kappa shape index (κ1) is 14.7. The van der Waals surface area contributed by atoms with E-state index in [0.29, 0.717) is 18.0 Å². The summed E-state index contributed by atoms with van der Waals surface area (Å²) in [5, 5.41) is 8.24. The Morgan fingerprint density at radius 3 is 2.77 bits per heavy atom. The van der Waals surface area contributed by atoms with Crippen LogP contribution in [0.5, 0.6) is 0 Å². The second kappa shape index (κ2) is 5.87. The topological polar surface area (TPSA) is 73.8 Å². The van der Waals surface area contributed by atoms with E-state index in [1.807, 2.05) is 26.0 Å². The van der Waals surface area contributed by atoms with Crippen LogP contribution in [-0.2, 0) is 6.54 Å². The number of aryl methyl sites for hydroxylation is 2. The first-order chi connectivity index (χ1) is 10.5. The quantitative estimate of drug-likeness (QED) is 0.668. The zero-order valence-electron chi connectivity index (χ0n) is 12.3. The third-order valence-corrected chi connectivity index (χ3v) is 3.68. The molecule has 0 saturated carbocycles. The van der Waals surface area contributed by atoms with Gasteiger partial charge in [0.1, 0.15) is 11.5 Å². The van der Waals surface area contributed by atoms with Crippen molar-refractivity contribution in [2.45, 2.75) is 20.4 Å². The second-order valence-corrected chi connectivity index (χ2v) is 5.71. The van der Waals surface area contributed by atoms with E-state index in [0.717, 1.165) is 21.2 Å². The van der Waals surface area contributed by atoms with E-state index in [9.17, 15) is 4.79 Å². The molecule has 0 amide bonds. The van der Waals surface area contributed by atoms with E-state index < -0.39 is 0 Å². The minimum absolute atomic E-state index is 0.166. The zero-order valence-corrected chi connectivity index (χ0v) is 13.4. The first-order valence-corrected chi connectivity index (χ1v) is 7.33. The maximum atomic E-state index is 12.0. The van der Waals surface area contributed by atoms with Crippen molar-refractivity contribution in [3.8, 4) is 11.3 Å². The largest absolute Gasteiger partial charge is 0.361 e. The van der Waals surface area contributed by atoms with E-state index >= 15 is 0 Å². The number of hydrogen-bond acceptors (Lipinski definition) is 5. The van der Waals surface area contributed by atoms with Crippen LogP contribution in [0.4, 0.5) is 0 Å². The molecule has 0 aliphatic carbocycles. The van der Waals surface area contributed by atoms with Crippen LogP contribution >= 0.6 is 0 Å². The summed E-state index contributed by atoms with van der Waals surface area (Å²) in [6.45, 7) is 4.05. The Balaban J connectivity index is 2.02. The van der Waals surface area contributed by atoms with Gasteiger partial charge in [0, 0.05) is 29.2 Å². The van der Waals surface area contributed by atoms with Crippen LogP contribution in [0.2, 0.25) is 0 Å². The van der Waals surface area contributed by atoms with Crippen LogP contribution in [0, 0.1) is 13.8 Å². The number of rotatable bonds is 3. The Hall–Kier alpha value is -2.23. The Labute approximate surface area is 135 Å². The average molecular weight is 308 g/mol. The third kappa shape index (κ3) is 2.87. The molecule has 7 heteroatoms. The lowest BCUT2D eigenvalue weighted by atomic mass is 10.1. The Bertz CT molecular complexity index is 868. The van der Waals surface area contributed by atoms with Crippen molar-refractivity contribution in [2.24, 2.45) is 0 Å². The van der Waals surface area contributed by atoms with Gasteiger partial charge in [-0.1, -0.05) is 5.16 Å². The Morgan fingerprint density at radius 1 is 1.27 bits per heavy atom. The molecule has 3 heterocycles. The van der Waals surface area contributed by atoms with Crippen LogP contribution < -0.4 is 9.98 Å². The monoisotopic (exact) mass is 308 g/mol. The smallest absolute Gasteiger partial charge is 0.265 e. The second-order valence-electron chi connectivity index (χ2n) is 5.04. The number of aromatic nitrogens is 4. The molecule has 0 N–H and O–H groups in total. The van der Waals surface area contributed by atoms with Gasteiger partial charge in [-0.3, -0.25) is 9.78 Å². The standard InChI is InChI=1S/C15H13N4O2.Al/c1-10-5-6-12(8-16-10)15-13(11(2)21-18-15)9-19-14(20)4-3-7-17-19;/h4-8H,9H2,1-2H3;. The first-order valence-electron chi connectivity index (χ1n) is 6.75. The summed E-state index contributed by atoms with van der Waals surface area (Å²) in [5.41, 5.74) is 3.14. The van der Waals surface area contributed by atoms with Crippen molar-refractivity contribution in [3.05, 3.63) is 58.0 Å². The zero-order chi connectivity index (χ0) is 15.7. The van der Waals surface area contributed by atoms with Gasteiger partial charge in [0.25, 0.3) is 5.56 Å². The summed E-state index contributed by atoms with van der Waals surface area (Å²) in [6, 6.07) is 5.37. The fraction of sp³-hybridized carbons (Fsp3) is 0.200. The molecule has 0 aliphatic heterocycles. The van der Waals surface area contributed by atoms with Gasteiger partial charge in [-0.2, -0.15) is 5.10 Å². The SMILES string of the molecule is Cc1ccc(-c2noc(C)c2Cn2nc[c]([Al])cc2=O)cn1. The molecule has 0 unspecified atom stereocenters. The van der Waals surface area contributed by atoms with Gasteiger partial charge in [-0.05, 0) is 32.0 Å². The van der Waals surface area contributed by atoms with Crippen molar-refractivity contribution in [2.75, 3.05) is 0 Å². The predicted molar refractivity (Wildman–Crippen MR) is 82.2 cm³/mol. The van der Waals surface area contributed by atoms with Crippen LogP contribution in [0.3, 0.4) is 0 Å². The van der Waals surface area contributed by atoms with Crippen molar-refractivity contribution < 1.29 is 4.52 Å². The highest BCUT2D eigenvalue weighted by Crippen LogP contribution is 2.25. The van der Waals surface area contributed by atoms with E-state index in [4.69, 9.17) is 4.52 Å². The minimum atomic E-state index is -0.166. The van der Waals surface area contributed by atoms with Gasteiger partial charge < -0.3 is 4.52 Å². The molecule has 6 nitrogen and oxygen atoms in total. The number of hydrogen-bond donors (Lipinski definition) is 0. The highest BCUT2D eigenvalue weighted by molar-refractivity contribution is 6.31. The highest BCUT2D eigenvalue weighted by Gasteiger charge is 2.16. The normalized spacial score (nSPS) is 10.8. The molecule has 2 radical (unpaired) electrons. The highest BCUT2D eigenvalue weighted by atomic mass is 27.0. The van der Waals surface area contributed by atoms with Crippen LogP contribution in [0.25, 0.3) is 11.3 Å². The maximum Gasteiger partial charge on any atom is 0.265 e. The molecule has 3 aromatic rings. The van der Waals surface area contributed by atoms with Gasteiger partial charge in [-0.15, -0.1) is 4.43 Å².